The first-order valence-electron chi connectivity index (χ1n) is 8.61. The third-order valence-electron chi connectivity index (χ3n) is 4.65. The summed E-state index contributed by atoms with van der Waals surface area (Å²) in [6.45, 7) is 0. The van der Waals surface area contributed by atoms with E-state index < -0.39 is 23.4 Å². The highest BCUT2D eigenvalue weighted by atomic mass is 35.5. The van der Waals surface area contributed by atoms with Gasteiger partial charge in [0.2, 0.25) is 11.8 Å². The number of nitriles is 1. The van der Waals surface area contributed by atoms with Crippen LogP contribution in [0.25, 0.3) is 5.69 Å². The second-order valence-electron chi connectivity index (χ2n) is 6.52. The van der Waals surface area contributed by atoms with Gasteiger partial charge >= 0.3 is 6.18 Å². The van der Waals surface area contributed by atoms with Gasteiger partial charge in [-0.15, -0.1) is 0 Å². The first kappa shape index (κ1) is 21.4. The fourth-order valence-corrected chi connectivity index (χ4v) is 4.45. The van der Waals surface area contributed by atoms with Crippen LogP contribution >= 0.6 is 34.8 Å². The first-order chi connectivity index (χ1) is 14.6. The van der Waals surface area contributed by atoms with Crippen LogP contribution in [-0.2, 0) is 6.18 Å². The Kier molecular flexibility index (Phi) is 5.30. The summed E-state index contributed by atoms with van der Waals surface area (Å²) in [6, 6.07) is 12.5. The van der Waals surface area contributed by atoms with Crippen molar-refractivity contribution in [1.82, 2.24) is 9.78 Å². The number of halogens is 6. The second kappa shape index (κ2) is 7.68. The van der Waals surface area contributed by atoms with Crippen LogP contribution in [0.3, 0.4) is 0 Å². The molecule has 0 unspecified atom stereocenters. The molecule has 0 amide bonds. The highest BCUT2D eigenvalue weighted by Gasteiger charge is 2.47. The molecule has 0 saturated carbocycles. The minimum absolute atomic E-state index is 0.0310. The number of ether oxygens (including phenoxy) is 1. The maximum atomic E-state index is 14.0. The van der Waals surface area contributed by atoms with E-state index >= 15 is 0 Å². The number of allylic oxidation sites excluding steroid dienone is 1. The molecule has 1 aliphatic rings. The van der Waals surface area contributed by atoms with Crippen molar-refractivity contribution in [3.05, 3.63) is 85.8 Å². The van der Waals surface area contributed by atoms with Crippen molar-refractivity contribution >= 4 is 34.8 Å². The number of fused-ring (bicyclic) bond motifs is 1. The van der Waals surface area contributed by atoms with Gasteiger partial charge in [0.05, 0.1) is 17.2 Å². The van der Waals surface area contributed by atoms with Gasteiger partial charge in [-0.25, -0.2) is 0 Å². The number of rotatable bonds is 2. The van der Waals surface area contributed by atoms with E-state index in [-0.39, 0.29) is 38.0 Å². The number of para-hydroxylation sites is 1. The lowest BCUT2D eigenvalue weighted by atomic mass is 9.83. The van der Waals surface area contributed by atoms with Gasteiger partial charge in [-0.3, -0.25) is 0 Å². The molecule has 0 aliphatic carbocycles. The van der Waals surface area contributed by atoms with E-state index in [9.17, 15) is 18.4 Å². The van der Waals surface area contributed by atoms with Gasteiger partial charge in [0.15, 0.2) is 5.69 Å². The smallest absolute Gasteiger partial charge is 0.422 e. The molecule has 1 atom stereocenters. The van der Waals surface area contributed by atoms with Gasteiger partial charge in [-0.05, 0) is 24.3 Å². The lowest BCUT2D eigenvalue weighted by molar-refractivity contribution is -0.142. The molecule has 0 bridgehead atoms. The summed E-state index contributed by atoms with van der Waals surface area (Å²) < 4.78 is 48.6. The van der Waals surface area contributed by atoms with Gasteiger partial charge in [-0.1, -0.05) is 53.0 Å². The topological polar surface area (TPSA) is 76.9 Å². The Morgan fingerprint density at radius 1 is 1.06 bits per heavy atom. The molecule has 4 rings (SSSR count). The van der Waals surface area contributed by atoms with Crippen molar-refractivity contribution in [1.29, 1.82) is 5.26 Å². The third-order valence-corrected chi connectivity index (χ3v) is 5.49. The van der Waals surface area contributed by atoms with Crippen LogP contribution in [-0.4, -0.2) is 9.78 Å². The Bertz CT molecular complexity index is 1240. The molecule has 0 spiro atoms. The van der Waals surface area contributed by atoms with Crippen molar-refractivity contribution in [2.45, 2.75) is 12.1 Å². The SMILES string of the molecule is N#CC1=C(N)Oc2c(c(C(F)(F)F)nn2-c2ccccc2)[C@H]1c1c(Cl)cc(Cl)cc1Cl. The summed E-state index contributed by atoms with van der Waals surface area (Å²) in [5.74, 6) is -2.05. The Balaban J connectivity index is 2.10. The fourth-order valence-electron chi connectivity index (χ4n) is 3.41. The Hall–Kier alpha value is -2.86. The molecule has 158 valence electrons. The highest BCUT2D eigenvalue weighted by Crippen LogP contribution is 2.51. The highest BCUT2D eigenvalue weighted by molar-refractivity contribution is 6.39. The molecule has 2 aromatic carbocycles. The predicted octanol–water partition coefficient (Wildman–Crippen LogP) is 6.07. The molecule has 1 aromatic heterocycles. The van der Waals surface area contributed by atoms with Gasteiger partial charge in [-0.2, -0.15) is 28.2 Å². The van der Waals surface area contributed by atoms with Gasteiger partial charge in [0.1, 0.15) is 11.6 Å². The second-order valence-corrected chi connectivity index (χ2v) is 7.77. The summed E-state index contributed by atoms with van der Waals surface area (Å²) in [6.07, 6.45) is -4.87. The van der Waals surface area contributed by atoms with Gasteiger partial charge in [0, 0.05) is 20.6 Å². The summed E-state index contributed by atoms with van der Waals surface area (Å²) in [4.78, 5) is 0. The molecule has 3 aromatic rings. The summed E-state index contributed by atoms with van der Waals surface area (Å²) in [5.41, 5.74) is 4.31. The predicted molar refractivity (Wildman–Crippen MR) is 109 cm³/mol. The van der Waals surface area contributed by atoms with E-state index in [1.165, 1.54) is 12.1 Å². The van der Waals surface area contributed by atoms with Gasteiger partial charge < -0.3 is 10.5 Å². The van der Waals surface area contributed by atoms with E-state index in [0.29, 0.717) is 5.69 Å². The molecule has 1 aliphatic heterocycles. The minimum atomic E-state index is -4.87. The summed E-state index contributed by atoms with van der Waals surface area (Å²) >= 11 is 18.6. The van der Waals surface area contributed by atoms with Crippen LogP contribution in [0.15, 0.2) is 53.9 Å². The molecule has 5 nitrogen and oxygen atoms in total. The monoisotopic (exact) mass is 484 g/mol. The lowest BCUT2D eigenvalue weighted by Crippen LogP contribution is -2.23. The number of hydrogen-bond acceptors (Lipinski definition) is 4. The zero-order valence-electron chi connectivity index (χ0n) is 15.2. The molecule has 2 N–H and O–H groups in total. The van der Waals surface area contributed by atoms with Crippen LogP contribution in [0, 0.1) is 11.3 Å². The van der Waals surface area contributed by atoms with E-state index in [1.807, 2.05) is 6.07 Å². The Labute approximate surface area is 189 Å². The summed E-state index contributed by atoms with van der Waals surface area (Å²) in [5, 5.41) is 13.6. The summed E-state index contributed by atoms with van der Waals surface area (Å²) in [7, 11) is 0. The first-order valence-corrected chi connectivity index (χ1v) is 9.74. The maximum Gasteiger partial charge on any atom is 0.435 e. The molecule has 11 heteroatoms. The van der Waals surface area contributed by atoms with E-state index in [1.54, 1.807) is 30.3 Å². The van der Waals surface area contributed by atoms with E-state index in [2.05, 4.69) is 5.10 Å². The van der Waals surface area contributed by atoms with Crippen LogP contribution in [0.4, 0.5) is 13.2 Å². The zero-order valence-corrected chi connectivity index (χ0v) is 17.5. The molecule has 0 radical (unpaired) electrons. The zero-order chi connectivity index (χ0) is 22.5. The van der Waals surface area contributed by atoms with Crippen LogP contribution in [0.2, 0.25) is 15.1 Å². The average Bonchev–Trinajstić information content (AvgIpc) is 3.07. The normalized spacial score (nSPS) is 16.0. The number of hydrogen-bond donors (Lipinski definition) is 1. The maximum absolute atomic E-state index is 14.0. The number of nitrogens with two attached hydrogens (primary N) is 1. The van der Waals surface area contributed by atoms with Crippen molar-refractivity contribution in [3.63, 3.8) is 0 Å². The quantitative estimate of drug-likeness (QED) is 0.478. The molecule has 0 fully saturated rings. The number of nitrogens with zero attached hydrogens (tertiary/aromatic N) is 3. The molecule has 31 heavy (non-hydrogen) atoms. The molecular formula is C20H10Cl3F3N4O. The van der Waals surface area contributed by atoms with Crippen LogP contribution in [0.1, 0.15) is 22.7 Å². The van der Waals surface area contributed by atoms with Crippen molar-refractivity contribution in [3.8, 4) is 17.6 Å². The van der Waals surface area contributed by atoms with Crippen molar-refractivity contribution < 1.29 is 17.9 Å². The number of alkyl halides is 3. The Morgan fingerprint density at radius 3 is 2.23 bits per heavy atom. The largest absolute Gasteiger partial charge is 0.435 e. The van der Waals surface area contributed by atoms with E-state index in [4.69, 9.17) is 45.3 Å². The van der Waals surface area contributed by atoms with Crippen LogP contribution < -0.4 is 10.5 Å². The number of benzene rings is 2. The minimum Gasteiger partial charge on any atom is -0.422 e. The van der Waals surface area contributed by atoms with Gasteiger partial charge in [0.25, 0.3) is 0 Å². The average molecular weight is 486 g/mol. The number of aromatic nitrogens is 2. The van der Waals surface area contributed by atoms with Crippen molar-refractivity contribution in [2.24, 2.45) is 5.73 Å². The van der Waals surface area contributed by atoms with E-state index in [0.717, 1.165) is 4.68 Å². The molecule has 0 saturated heterocycles. The Morgan fingerprint density at radius 2 is 1.68 bits per heavy atom. The van der Waals surface area contributed by atoms with Crippen LogP contribution in [0.5, 0.6) is 5.88 Å². The molecular weight excluding hydrogens is 476 g/mol. The lowest BCUT2D eigenvalue weighted by Gasteiger charge is -2.26. The fraction of sp³-hybridized carbons (Fsp3) is 0.100. The third kappa shape index (κ3) is 3.59. The van der Waals surface area contributed by atoms with Crippen molar-refractivity contribution in [2.75, 3.05) is 0 Å². The standard InChI is InChI=1S/C20H10Cl3F3N4O/c21-9-6-12(22)15(13(23)7-9)14-11(8-27)18(28)31-19-16(14)17(20(24,25)26)29-30(19)10-4-2-1-3-5-10/h1-7,14H,28H2/t14-/m1/s1. The molecule has 2 heterocycles.